The van der Waals surface area contributed by atoms with Crippen molar-refractivity contribution in [1.29, 1.82) is 0 Å². The van der Waals surface area contributed by atoms with Crippen LogP contribution in [0.15, 0.2) is 6.20 Å². The van der Waals surface area contributed by atoms with Crippen LogP contribution in [0.1, 0.15) is 25.3 Å². The molecule has 6 heteroatoms. The lowest BCUT2D eigenvalue weighted by Gasteiger charge is -2.29. The van der Waals surface area contributed by atoms with Gasteiger partial charge in [-0.1, -0.05) is 0 Å². The van der Waals surface area contributed by atoms with E-state index in [1.165, 1.54) is 0 Å². The topological polar surface area (TPSA) is 85.1 Å². The Balaban J connectivity index is 2.03. The van der Waals surface area contributed by atoms with Crippen LogP contribution in [0.3, 0.4) is 0 Å². The number of nitrogens with one attached hydrogen (secondary N) is 2. The Hall–Kier alpha value is -1.40. The Bertz CT molecular complexity index is 392. The summed E-state index contributed by atoms with van der Waals surface area (Å²) < 4.78 is 5.38. The molecule has 18 heavy (non-hydrogen) atoms. The number of nitrogen functional groups attached to an aromatic ring is 1. The van der Waals surface area contributed by atoms with Crippen molar-refractivity contribution < 1.29 is 4.74 Å². The maximum Gasteiger partial charge on any atom is 0.239 e. The second-order valence-corrected chi connectivity index (χ2v) is 4.75. The van der Waals surface area contributed by atoms with E-state index in [9.17, 15) is 0 Å². The Labute approximate surface area is 107 Å². The van der Waals surface area contributed by atoms with Crippen molar-refractivity contribution >= 4 is 11.8 Å². The van der Waals surface area contributed by atoms with Gasteiger partial charge in [-0.15, -0.1) is 0 Å². The summed E-state index contributed by atoms with van der Waals surface area (Å²) in [5.74, 6) is 7.23. The lowest BCUT2D eigenvalue weighted by atomic mass is 9.93. The standard InChI is InChI=1S/C12H21N5O/c1-8-7-14-12(17-13)16-11(8)15-9(2)10-3-5-18-6-4-10/h7,9-10H,3-6,13H2,1-2H3,(H2,14,15,16,17). The van der Waals surface area contributed by atoms with Crippen molar-refractivity contribution in [1.82, 2.24) is 9.97 Å². The predicted molar refractivity (Wildman–Crippen MR) is 71.2 cm³/mol. The Morgan fingerprint density at radius 2 is 2.17 bits per heavy atom. The highest BCUT2D eigenvalue weighted by Gasteiger charge is 2.21. The molecule has 1 aliphatic heterocycles. The molecule has 0 aliphatic carbocycles. The first-order chi connectivity index (χ1) is 8.70. The van der Waals surface area contributed by atoms with Crippen LogP contribution in [0, 0.1) is 12.8 Å². The van der Waals surface area contributed by atoms with Gasteiger partial charge in [0.1, 0.15) is 5.82 Å². The smallest absolute Gasteiger partial charge is 0.239 e. The van der Waals surface area contributed by atoms with E-state index >= 15 is 0 Å². The number of hydrazine groups is 1. The Morgan fingerprint density at radius 3 is 2.83 bits per heavy atom. The Morgan fingerprint density at radius 1 is 1.44 bits per heavy atom. The van der Waals surface area contributed by atoms with Crippen molar-refractivity contribution in [3.05, 3.63) is 11.8 Å². The summed E-state index contributed by atoms with van der Waals surface area (Å²) >= 11 is 0. The maximum atomic E-state index is 5.38. The summed E-state index contributed by atoms with van der Waals surface area (Å²) in [6.07, 6.45) is 3.96. The second-order valence-electron chi connectivity index (χ2n) is 4.75. The first kappa shape index (κ1) is 13.0. The predicted octanol–water partition coefficient (Wildman–Crippen LogP) is 1.30. The zero-order valence-corrected chi connectivity index (χ0v) is 10.9. The number of hydrogen-bond acceptors (Lipinski definition) is 6. The van der Waals surface area contributed by atoms with E-state index in [4.69, 9.17) is 10.6 Å². The number of rotatable bonds is 4. The number of hydrogen-bond donors (Lipinski definition) is 3. The van der Waals surface area contributed by atoms with Crippen LogP contribution < -0.4 is 16.6 Å². The molecular weight excluding hydrogens is 230 g/mol. The maximum absolute atomic E-state index is 5.38. The molecule has 1 aliphatic rings. The van der Waals surface area contributed by atoms with Crippen LogP contribution in [0.5, 0.6) is 0 Å². The van der Waals surface area contributed by atoms with E-state index in [2.05, 4.69) is 27.6 Å². The summed E-state index contributed by atoms with van der Waals surface area (Å²) in [7, 11) is 0. The van der Waals surface area contributed by atoms with Crippen molar-refractivity contribution in [3.63, 3.8) is 0 Å². The minimum Gasteiger partial charge on any atom is -0.381 e. The largest absolute Gasteiger partial charge is 0.381 e. The van der Waals surface area contributed by atoms with E-state index in [0.717, 1.165) is 37.4 Å². The number of anilines is 2. The minimum atomic E-state index is 0.369. The molecule has 1 saturated heterocycles. The highest BCUT2D eigenvalue weighted by atomic mass is 16.5. The summed E-state index contributed by atoms with van der Waals surface area (Å²) in [5.41, 5.74) is 3.49. The number of aryl methyl sites for hydroxylation is 1. The van der Waals surface area contributed by atoms with Crippen LogP contribution in [0.25, 0.3) is 0 Å². The molecule has 1 atom stereocenters. The summed E-state index contributed by atoms with van der Waals surface area (Å²) in [6.45, 7) is 5.89. The molecular formula is C12H21N5O. The molecule has 2 heterocycles. The molecule has 6 nitrogen and oxygen atoms in total. The molecule has 0 bridgehead atoms. The monoisotopic (exact) mass is 251 g/mol. The number of nitrogens with two attached hydrogens (primary N) is 1. The van der Waals surface area contributed by atoms with Gasteiger partial charge in [0.2, 0.25) is 5.95 Å². The van der Waals surface area contributed by atoms with Gasteiger partial charge >= 0.3 is 0 Å². The molecule has 1 unspecified atom stereocenters. The van der Waals surface area contributed by atoms with Gasteiger partial charge in [-0.2, -0.15) is 4.98 Å². The zero-order valence-electron chi connectivity index (χ0n) is 10.9. The zero-order chi connectivity index (χ0) is 13.0. The number of aromatic nitrogens is 2. The van der Waals surface area contributed by atoms with Crippen LogP contribution in [0.2, 0.25) is 0 Å². The molecule has 0 aromatic carbocycles. The second kappa shape index (κ2) is 5.97. The molecule has 0 saturated carbocycles. The van der Waals surface area contributed by atoms with Crippen molar-refractivity contribution in [2.75, 3.05) is 24.0 Å². The lowest BCUT2D eigenvalue weighted by Crippen LogP contribution is -2.31. The van der Waals surface area contributed by atoms with Crippen LogP contribution in [-0.4, -0.2) is 29.2 Å². The third-order valence-electron chi connectivity index (χ3n) is 3.44. The van der Waals surface area contributed by atoms with Gasteiger partial charge in [0.05, 0.1) is 0 Å². The van der Waals surface area contributed by atoms with Gasteiger partial charge in [-0.05, 0) is 32.6 Å². The molecule has 1 aromatic heterocycles. The van der Waals surface area contributed by atoms with Gasteiger partial charge in [-0.3, -0.25) is 5.43 Å². The first-order valence-electron chi connectivity index (χ1n) is 6.35. The third-order valence-corrected chi connectivity index (χ3v) is 3.44. The molecule has 1 aromatic rings. The molecule has 100 valence electrons. The van der Waals surface area contributed by atoms with Gasteiger partial charge in [0.15, 0.2) is 0 Å². The lowest BCUT2D eigenvalue weighted by molar-refractivity contribution is 0.0622. The van der Waals surface area contributed by atoms with E-state index in [1.807, 2.05) is 6.92 Å². The number of nitrogens with zero attached hydrogens (tertiary/aromatic N) is 2. The fourth-order valence-corrected chi connectivity index (χ4v) is 2.21. The van der Waals surface area contributed by atoms with Crippen LogP contribution in [-0.2, 0) is 4.74 Å². The molecule has 1 fully saturated rings. The van der Waals surface area contributed by atoms with E-state index in [1.54, 1.807) is 6.20 Å². The average molecular weight is 251 g/mol. The van der Waals surface area contributed by atoms with Crippen molar-refractivity contribution in [2.24, 2.45) is 11.8 Å². The van der Waals surface area contributed by atoms with Crippen LogP contribution in [0.4, 0.5) is 11.8 Å². The minimum absolute atomic E-state index is 0.369. The van der Waals surface area contributed by atoms with Gasteiger partial charge in [-0.25, -0.2) is 10.8 Å². The SMILES string of the molecule is Cc1cnc(NN)nc1NC(C)C1CCOCC1. The molecule has 0 radical (unpaired) electrons. The molecule has 4 N–H and O–H groups in total. The third kappa shape index (κ3) is 3.08. The van der Waals surface area contributed by atoms with Gasteiger partial charge in [0.25, 0.3) is 0 Å². The summed E-state index contributed by atoms with van der Waals surface area (Å²) in [4.78, 5) is 8.41. The van der Waals surface area contributed by atoms with Crippen molar-refractivity contribution in [2.45, 2.75) is 32.7 Å². The van der Waals surface area contributed by atoms with Gasteiger partial charge in [0, 0.05) is 31.0 Å². The first-order valence-corrected chi connectivity index (χ1v) is 6.35. The highest BCUT2D eigenvalue weighted by molar-refractivity contribution is 5.46. The average Bonchev–Trinajstić information content (AvgIpc) is 2.42. The fourth-order valence-electron chi connectivity index (χ4n) is 2.21. The summed E-state index contributed by atoms with van der Waals surface area (Å²) in [5, 5.41) is 3.45. The van der Waals surface area contributed by atoms with E-state index < -0.39 is 0 Å². The van der Waals surface area contributed by atoms with Crippen LogP contribution >= 0.6 is 0 Å². The quantitative estimate of drug-likeness (QED) is 0.552. The normalized spacial score (nSPS) is 18.4. The van der Waals surface area contributed by atoms with E-state index in [0.29, 0.717) is 17.9 Å². The van der Waals surface area contributed by atoms with E-state index in [-0.39, 0.29) is 0 Å². The molecule has 2 rings (SSSR count). The fraction of sp³-hybridized carbons (Fsp3) is 0.667. The summed E-state index contributed by atoms with van der Waals surface area (Å²) in [6, 6.07) is 0.369. The van der Waals surface area contributed by atoms with Gasteiger partial charge < -0.3 is 10.1 Å². The highest BCUT2D eigenvalue weighted by Crippen LogP contribution is 2.22. The molecule has 0 spiro atoms. The number of ether oxygens (including phenoxy) is 1. The van der Waals surface area contributed by atoms with Crippen molar-refractivity contribution in [3.8, 4) is 0 Å². The molecule has 0 amide bonds. The Kier molecular flexibility index (Phi) is 4.33.